The van der Waals surface area contributed by atoms with Crippen LogP contribution in [0.4, 0.5) is 5.00 Å². The molecule has 0 spiro atoms. The molecule has 0 unspecified atom stereocenters. The average molecular weight is 370 g/mol. The highest BCUT2D eigenvalue weighted by Gasteiger charge is 2.15. The maximum Gasteiger partial charge on any atom is 0.262 e. The first-order chi connectivity index (χ1) is 12.3. The second kappa shape index (κ2) is 8.69. The number of carbonyl (C=O) groups is 1. The summed E-state index contributed by atoms with van der Waals surface area (Å²) in [5, 5.41) is 3.69. The number of nitrogens with zero attached hydrogens (tertiary/aromatic N) is 1. The molecule has 0 fully saturated rings. The maximum absolute atomic E-state index is 12.3. The number of aromatic nitrogens is 1. The molecule has 1 heterocycles. The largest absolute Gasteiger partial charge is 0.484 e. The SMILES string of the molecule is CCSc1nc(-c2ccccc2)c(NC(=O)COc2ccccc2)s1. The quantitative estimate of drug-likeness (QED) is 0.599. The van der Waals surface area contributed by atoms with Crippen molar-refractivity contribution in [1.82, 2.24) is 4.98 Å². The first-order valence-corrected chi connectivity index (χ1v) is 9.73. The molecular weight excluding hydrogens is 352 g/mol. The van der Waals surface area contributed by atoms with Crippen molar-refractivity contribution in [1.29, 1.82) is 0 Å². The predicted molar refractivity (Wildman–Crippen MR) is 105 cm³/mol. The molecular formula is C19H18N2O2S2. The average Bonchev–Trinajstić information content (AvgIpc) is 3.04. The third-order valence-corrected chi connectivity index (χ3v) is 5.28. The lowest BCUT2D eigenvalue weighted by Crippen LogP contribution is -2.19. The summed E-state index contributed by atoms with van der Waals surface area (Å²) in [6.45, 7) is 2.05. The van der Waals surface area contributed by atoms with Crippen molar-refractivity contribution in [3.05, 3.63) is 60.7 Å². The molecule has 0 aliphatic carbocycles. The number of hydrogen-bond acceptors (Lipinski definition) is 5. The molecule has 1 aromatic heterocycles. The maximum atomic E-state index is 12.3. The Morgan fingerprint density at radius 1 is 1.12 bits per heavy atom. The van der Waals surface area contributed by atoms with Gasteiger partial charge in [0.15, 0.2) is 10.9 Å². The Morgan fingerprint density at radius 2 is 1.80 bits per heavy atom. The minimum Gasteiger partial charge on any atom is -0.484 e. The molecule has 6 heteroatoms. The molecule has 0 bridgehead atoms. The van der Waals surface area contributed by atoms with Gasteiger partial charge in [-0.15, -0.1) is 0 Å². The zero-order chi connectivity index (χ0) is 17.5. The minimum atomic E-state index is -0.197. The molecule has 3 rings (SSSR count). The number of carbonyl (C=O) groups excluding carboxylic acids is 1. The first kappa shape index (κ1) is 17.5. The van der Waals surface area contributed by atoms with Crippen LogP contribution in [0.2, 0.25) is 0 Å². The van der Waals surface area contributed by atoms with E-state index in [1.807, 2.05) is 60.7 Å². The summed E-state index contributed by atoms with van der Waals surface area (Å²) in [6.07, 6.45) is 0. The molecule has 0 radical (unpaired) electrons. The molecule has 0 aliphatic heterocycles. The Labute approximate surface area is 155 Å². The van der Waals surface area contributed by atoms with Gasteiger partial charge in [-0.25, -0.2) is 4.98 Å². The Hall–Kier alpha value is -2.31. The first-order valence-electron chi connectivity index (χ1n) is 7.93. The number of thiazole rings is 1. The van der Waals surface area contributed by atoms with Gasteiger partial charge in [-0.2, -0.15) is 0 Å². The van der Waals surface area contributed by atoms with E-state index in [9.17, 15) is 4.79 Å². The van der Waals surface area contributed by atoms with Crippen LogP contribution in [0.3, 0.4) is 0 Å². The van der Waals surface area contributed by atoms with Gasteiger partial charge in [0.2, 0.25) is 0 Å². The van der Waals surface area contributed by atoms with E-state index in [4.69, 9.17) is 4.74 Å². The molecule has 3 aromatic rings. The molecule has 1 amide bonds. The van der Waals surface area contributed by atoms with Crippen molar-refractivity contribution < 1.29 is 9.53 Å². The highest BCUT2D eigenvalue weighted by molar-refractivity contribution is 8.01. The van der Waals surface area contributed by atoms with Crippen LogP contribution in [-0.2, 0) is 4.79 Å². The standard InChI is InChI=1S/C19H18N2O2S2/c1-2-24-19-21-17(14-9-5-3-6-10-14)18(25-19)20-16(22)13-23-15-11-7-4-8-12-15/h3-12H,2,13H2,1H3,(H,20,22). The Morgan fingerprint density at radius 3 is 2.48 bits per heavy atom. The van der Waals surface area contributed by atoms with Gasteiger partial charge in [0.1, 0.15) is 16.4 Å². The fourth-order valence-corrected chi connectivity index (χ4v) is 4.17. The minimum absolute atomic E-state index is 0.0353. The van der Waals surface area contributed by atoms with E-state index in [-0.39, 0.29) is 12.5 Å². The second-order valence-corrected chi connectivity index (χ2v) is 7.62. The van der Waals surface area contributed by atoms with Crippen LogP contribution in [0.15, 0.2) is 65.0 Å². The van der Waals surface area contributed by atoms with Crippen molar-refractivity contribution in [3.63, 3.8) is 0 Å². The van der Waals surface area contributed by atoms with Crippen LogP contribution >= 0.6 is 23.1 Å². The highest BCUT2D eigenvalue weighted by atomic mass is 32.2. The Kier molecular flexibility index (Phi) is 6.09. The van der Waals surface area contributed by atoms with Crippen molar-refractivity contribution >= 4 is 34.0 Å². The summed E-state index contributed by atoms with van der Waals surface area (Å²) in [5.74, 6) is 1.41. The molecule has 0 atom stereocenters. The lowest BCUT2D eigenvalue weighted by molar-refractivity contribution is -0.118. The van der Waals surface area contributed by atoms with Crippen molar-refractivity contribution in [2.45, 2.75) is 11.3 Å². The van der Waals surface area contributed by atoms with E-state index in [1.54, 1.807) is 11.8 Å². The molecule has 0 aliphatic rings. The fourth-order valence-electron chi connectivity index (χ4n) is 2.19. The number of rotatable bonds is 7. The number of hydrogen-bond donors (Lipinski definition) is 1. The monoisotopic (exact) mass is 370 g/mol. The Bertz CT molecular complexity index is 820. The van der Waals surface area contributed by atoms with Gasteiger partial charge in [-0.05, 0) is 17.9 Å². The third-order valence-electron chi connectivity index (χ3n) is 3.29. The Balaban J connectivity index is 1.73. The number of anilines is 1. The van der Waals surface area contributed by atoms with Gasteiger partial charge >= 0.3 is 0 Å². The number of thioether (sulfide) groups is 1. The van der Waals surface area contributed by atoms with Crippen LogP contribution < -0.4 is 10.1 Å². The zero-order valence-corrected chi connectivity index (χ0v) is 15.4. The summed E-state index contributed by atoms with van der Waals surface area (Å²) in [7, 11) is 0. The topological polar surface area (TPSA) is 51.2 Å². The second-order valence-electron chi connectivity index (χ2n) is 5.11. The summed E-state index contributed by atoms with van der Waals surface area (Å²) in [4.78, 5) is 16.9. The van der Waals surface area contributed by atoms with Gasteiger partial charge in [0.05, 0.1) is 0 Å². The van der Waals surface area contributed by atoms with Crippen LogP contribution in [0.5, 0.6) is 5.75 Å². The van der Waals surface area contributed by atoms with Crippen molar-refractivity contribution in [3.8, 4) is 17.0 Å². The van der Waals surface area contributed by atoms with E-state index in [0.717, 1.165) is 26.4 Å². The summed E-state index contributed by atoms with van der Waals surface area (Å²) >= 11 is 3.16. The molecule has 0 saturated carbocycles. The lowest BCUT2D eigenvalue weighted by atomic mass is 10.2. The molecule has 128 valence electrons. The lowest BCUT2D eigenvalue weighted by Gasteiger charge is -2.07. The van der Waals surface area contributed by atoms with Gasteiger partial charge in [0, 0.05) is 5.56 Å². The number of amides is 1. The van der Waals surface area contributed by atoms with E-state index < -0.39 is 0 Å². The highest BCUT2D eigenvalue weighted by Crippen LogP contribution is 2.37. The van der Waals surface area contributed by atoms with Gasteiger partial charge in [-0.3, -0.25) is 4.79 Å². The summed E-state index contributed by atoms with van der Waals surface area (Å²) in [6, 6.07) is 19.2. The van der Waals surface area contributed by atoms with Gasteiger partial charge in [0.25, 0.3) is 5.91 Å². The van der Waals surface area contributed by atoms with E-state index >= 15 is 0 Å². The van der Waals surface area contributed by atoms with Gasteiger partial charge < -0.3 is 10.1 Å². The normalized spacial score (nSPS) is 10.4. The van der Waals surface area contributed by atoms with E-state index in [2.05, 4.69) is 17.2 Å². The van der Waals surface area contributed by atoms with E-state index in [0.29, 0.717) is 5.75 Å². The molecule has 4 nitrogen and oxygen atoms in total. The van der Waals surface area contributed by atoms with Crippen LogP contribution in [0, 0.1) is 0 Å². The number of ether oxygens (including phenoxy) is 1. The number of nitrogens with one attached hydrogen (secondary N) is 1. The number of benzene rings is 2. The van der Waals surface area contributed by atoms with Crippen LogP contribution in [0.1, 0.15) is 6.92 Å². The zero-order valence-electron chi connectivity index (χ0n) is 13.8. The smallest absolute Gasteiger partial charge is 0.262 e. The van der Waals surface area contributed by atoms with Crippen LogP contribution in [0.25, 0.3) is 11.3 Å². The molecule has 2 aromatic carbocycles. The summed E-state index contributed by atoms with van der Waals surface area (Å²) in [5.41, 5.74) is 1.79. The van der Waals surface area contributed by atoms with E-state index in [1.165, 1.54) is 11.3 Å². The molecule has 25 heavy (non-hydrogen) atoms. The van der Waals surface area contributed by atoms with Gasteiger partial charge in [-0.1, -0.05) is 78.6 Å². The summed E-state index contributed by atoms with van der Waals surface area (Å²) < 4.78 is 6.45. The molecule has 1 N–H and O–H groups in total. The third kappa shape index (κ3) is 4.84. The predicted octanol–water partition coefficient (Wildman–Crippen LogP) is 4.94. The fraction of sp³-hybridized carbons (Fsp3) is 0.158. The van der Waals surface area contributed by atoms with Crippen molar-refractivity contribution in [2.24, 2.45) is 0 Å². The number of para-hydroxylation sites is 1. The van der Waals surface area contributed by atoms with Crippen LogP contribution in [-0.4, -0.2) is 23.3 Å². The van der Waals surface area contributed by atoms with Crippen molar-refractivity contribution in [2.75, 3.05) is 17.7 Å². The molecule has 0 saturated heterocycles.